The molecule has 0 aliphatic carbocycles. The van der Waals surface area contributed by atoms with Gasteiger partial charge in [-0.25, -0.2) is 4.39 Å². The van der Waals surface area contributed by atoms with E-state index in [9.17, 15) is 9.65 Å². The third-order valence-corrected chi connectivity index (χ3v) is 4.95. The van der Waals surface area contributed by atoms with E-state index in [1.54, 1.807) is 12.1 Å². The third kappa shape index (κ3) is 4.90. The molecule has 1 atom stereocenters. The zero-order valence-corrected chi connectivity index (χ0v) is 15.4. The zero-order valence-electron chi connectivity index (χ0n) is 15.4. The van der Waals surface area contributed by atoms with Crippen molar-refractivity contribution in [1.82, 2.24) is 4.90 Å². The molecule has 0 saturated carbocycles. The van der Waals surface area contributed by atoms with E-state index in [2.05, 4.69) is 56.1 Å². The molecule has 0 fully saturated rings. The van der Waals surface area contributed by atoms with Gasteiger partial charge in [-0.1, -0.05) is 56.3 Å². The molecule has 132 valence electrons. The summed E-state index contributed by atoms with van der Waals surface area (Å²) in [6.45, 7) is 5.96. The van der Waals surface area contributed by atoms with Crippen molar-refractivity contribution < 1.29 is 4.39 Å². The van der Waals surface area contributed by atoms with Gasteiger partial charge in [-0.2, -0.15) is 5.26 Å². The predicted octanol–water partition coefficient (Wildman–Crippen LogP) is 5.16. The maximum atomic E-state index is 13.3. The maximum absolute atomic E-state index is 13.3. The average molecular weight is 338 g/mol. The van der Waals surface area contributed by atoms with E-state index in [4.69, 9.17) is 0 Å². The molecular formula is C22H27FN2. The van der Waals surface area contributed by atoms with Gasteiger partial charge in [-0.15, -0.1) is 0 Å². The number of rotatable bonds is 8. The monoisotopic (exact) mass is 338 g/mol. The van der Waals surface area contributed by atoms with Crippen molar-refractivity contribution in [3.05, 3.63) is 71.5 Å². The molecule has 0 saturated heterocycles. The minimum absolute atomic E-state index is 0.169. The van der Waals surface area contributed by atoms with Gasteiger partial charge in [-0.3, -0.25) is 0 Å². The average Bonchev–Trinajstić information content (AvgIpc) is 2.60. The van der Waals surface area contributed by atoms with E-state index in [1.807, 2.05) is 6.07 Å². The van der Waals surface area contributed by atoms with Gasteiger partial charge in [0.25, 0.3) is 0 Å². The van der Waals surface area contributed by atoms with Gasteiger partial charge in [0, 0.05) is 6.54 Å². The van der Waals surface area contributed by atoms with Crippen LogP contribution < -0.4 is 0 Å². The SMILES string of the molecule is CC(C)C(C#N)(CCCN(C)Cc1ccccc1)c1ccc(F)cc1. The lowest BCUT2D eigenvalue weighted by Gasteiger charge is -2.32. The van der Waals surface area contributed by atoms with Crippen LogP contribution in [0.4, 0.5) is 4.39 Å². The van der Waals surface area contributed by atoms with Gasteiger partial charge < -0.3 is 4.90 Å². The number of nitriles is 1. The Bertz CT molecular complexity index is 688. The van der Waals surface area contributed by atoms with E-state index < -0.39 is 5.41 Å². The van der Waals surface area contributed by atoms with Crippen LogP contribution in [-0.4, -0.2) is 18.5 Å². The van der Waals surface area contributed by atoms with E-state index >= 15 is 0 Å². The van der Waals surface area contributed by atoms with Crippen molar-refractivity contribution in [3.63, 3.8) is 0 Å². The second kappa shape index (κ2) is 8.78. The topological polar surface area (TPSA) is 27.0 Å². The number of nitrogens with zero attached hydrogens (tertiary/aromatic N) is 2. The molecule has 0 radical (unpaired) electrons. The summed E-state index contributed by atoms with van der Waals surface area (Å²) in [6.07, 6.45) is 1.69. The number of halogens is 1. The fraction of sp³-hybridized carbons (Fsp3) is 0.409. The van der Waals surface area contributed by atoms with Crippen LogP contribution in [0.25, 0.3) is 0 Å². The highest BCUT2D eigenvalue weighted by atomic mass is 19.1. The molecule has 3 heteroatoms. The van der Waals surface area contributed by atoms with Crippen LogP contribution in [0, 0.1) is 23.1 Å². The lowest BCUT2D eigenvalue weighted by Crippen LogP contribution is -2.32. The van der Waals surface area contributed by atoms with Gasteiger partial charge in [-0.05, 0) is 55.6 Å². The van der Waals surface area contributed by atoms with Crippen molar-refractivity contribution >= 4 is 0 Å². The van der Waals surface area contributed by atoms with Crippen molar-refractivity contribution in [2.45, 2.75) is 38.6 Å². The minimum Gasteiger partial charge on any atom is -0.302 e. The molecule has 0 aromatic heterocycles. The molecule has 2 aromatic rings. The predicted molar refractivity (Wildman–Crippen MR) is 101 cm³/mol. The summed E-state index contributed by atoms with van der Waals surface area (Å²) in [5.74, 6) is -0.0932. The first kappa shape index (κ1) is 19.1. The molecule has 2 aromatic carbocycles. The first-order valence-electron chi connectivity index (χ1n) is 8.87. The van der Waals surface area contributed by atoms with Crippen molar-refractivity contribution in [2.24, 2.45) is 5.92 Å². The fourth-order valence-corrected chi connectivity index (χ4v) is 3.37. The van der Waals surface area contributed by atoms with Gasteiger partial charge in [0.1, 0.15) is 5.82 Å². The molecule has 25 heavy (non-hydrogen) atoms. The normalized spacial score (nSPS) is 13.6. The van der Waals surface area contributed by atoms with Gasteiger partial charge >= 0.3 is 0 Å². The van der Waals surface area contributed by atoms with Crippen LogP contribution >= 0.6 is 0 Å². The largest absolute Gasteiger partial charge is 0.302 e. The molecule has 0 aliphatic heterocycles. The zero-order chi connectivity index (χ0) is 18.3. The first-order chi connectivity index (χ1) is 12.0. The van der Waals surface area contributed by atoms with Crippen LogP contribution in [0.1, 0.15) is 37.8 Å². The summed E-state index contributed by atoms with van der Waals surface area (Å²) in [5.41, 5.74) is 1.64. The van der Waals surface area contributed by atoms with Gasteiger partial charge in [0.2, 0.25) is 0 Å². The summed E-state index contributed by atoms with van der Waals surface area (Å²) in [7, 11) is 2.11. The summed E-state index contributed by atoms with van der Waals surface area (Å²) in [5, 5.41) is 9.91. The third-order valence-electron chi connectivity index (χ3n) is 4.95. The number of hydrogen-bond acceptors (Lipinski definition) is 2. The van der Waals surface area contributed by atoms with Crippen LogP contribution in [0.2, 0.25) is 0 Å². The lowest BCUT2D eigenvalue weighted by atomic mass is 9.70. The second-order valence-corrected chi connectivity index (χ2v) is 7.07. The highest BCUT2D eigenvalue weighted by Crippen LogP contribution is 2.36. The summed E-state index contributed by atoms with van der Waals surface area (Å²) in [6, 6.07) is 19.3. The Balaban J connectivity index is 2.01. The summed E-state index contributed by atoms with van der Waals surface area (Å²) in [4.78, 5) is 2.28. The Morgan fingerprint density at radius 3 is 2.28 bits per heavy atom. The van der Waals surface area contributed by atoms with Crippen molar-refractivity contribution in [3.8, 4) is 6.07 Å². The Labute approximate surface area is 150 Å². The molecule has 0 amide bonds. The number of hydrogen-bond donors (Lipinski definition) is 0. The molecule has 0 bridgehead atoms. The van der Waals surface area contributed by atoms with Gasteiger partial charge in [0.05, 0.1) is 11.5 Å². The molecule has 0 heterocycles. The van der Waals surface area contributed by atoms with E-state index in [1.165, 1.54) is 17.7 Å². The second-order valence-electron chi connectivity index (χ2n) is 7.07. The van der Waals surface area contributed by atoms with Crippen LogP contribution in [0.3, 0.4) is 0 Å². The highest BCUT2D eigenvalue weighted by Gasteiger charge is 2.35. The van der Waals surface area contributed by atoms with E-state index in [0.29, 0.717) is 0 Å². The Morgan fingerprint density at radius 1 is 1.08 bits per heavy atom. The molecule has 2 rings (SSSR count). The molecule has 0 N–H and O–H groups in total. The number of benzene rings is 2. The molecule has 0 spiro atoms. The molecule has 0 aliphatic rings. The summed E-state index contributed by atoms with van der Waals surface area (Å²) < 4.78 is 13.3. The standard InChI is InChI=1S/C22H27FN2/c1-18(2)22(17-24,20-10-12-21(23)13-11-20)14-7-15-25(3)16-19-8-5-4-6-9-19/h4-6,8-13,18H,7,14-16H2,1-3H3. The molecule has 1 unspecified atom stereocenters. The quantitative estimate of drug-likeness (QED) is 0.665. The van der Waals surface area contributed by atoms with Crippen LogP contribution in [0.15, 0.2) is 54.6 Å². The molecular weight excluding hydrogens is 311 g/mol. The fourth-order valence-electron chi connectivity index (χ4n) is 3.37. The Morgan fingerprint density at radius 2 is 1.72 bits per heavy atom. The Hall–Kier alpha value is -2.18. The van der Waals surface area contributed by atoms with Crippen LogP contribution in [-0.2, 0) is 12.0 Å². The van der Waals surface area contributed by atoms with Crippen molar-refractivity contribution in [1.29, 1.82) is 5.26 Å². The maximum Gasteiger partial charge on any atom is 0.123 e. The Kier molecular flexibility index (Phi) is 6.73. The smallest absolute Gasteiger partial charge is 0.123 e. The lowest BCUT2D eigenvalue weighted by molar-refractivity contribution is 0.286. The molecule has 2 nitrogen and oxygen atoms in total. The van der Waals surface area contributed by atoms with Crippen LogP contribution in [0.5, 0.6) is 0 Å². The van der Waals surface area contributed by atoms with E-state index in [0.717, 1.165) is 31.5 Å². The van der Waals surface area contributed by atoms with Crippen molar-refractivity contribution in [2.75, 3.05) is 13.6 Å². The first-order valence-corrected chi connectivity index (χ1v) is 8.87. The highest BCUT2D eigenvalue weighted by molar-refractivity contribution is 5.33. The summed E-state index contributed by atoms with van der Waals surface area (Å²) >= 11 is 0. The van der Waals surface area contributed by atoms with E-state index in [-0.39, 0.29) is 11.7 Å². The minimum atomic E-state index is -0.568. The van der Waals surface area contributed by atoms with Gasteiger partial charge in [0.15, 0.2) is 0 Å².